The average Bonchev–Trinajstić information content (AvgIpc) is 3.22. The molecule has 0 radical (unpaired) electrons. The first-order valence-electron chi connectivity index (χ1n) is 9.17. The quantitative estimate of drug-likeness (QED) is 0.659. The van der Waals surface area contributed by atoms with Crippen LogP contribution >= 0.6 is 0 Å². The highest BCUT2D eigenvalue weighted by Gasteiger charge is 2.47. The molecule has 7 heteroatoms. The van der Waals surface area contributed by atoms with Crippen molar-refractivity contribution < 1.29 is 4.79 Å². The van der Waals surface area contributed by atoms with Crippen LogP contribution in [0.1, 0.15) is 52.0 Å². The number of hydrogen-bond acceptors (Lipinski definition) is 3. The Kier molecular flexibility index (Phi) is 5.20. The number of aromatic nitrogens is 2. The number of rotatable bonds is 5. The predicted molar refractivity (Wildman–Crippen MR) is 100 cm³/mol. The summed E-state index contributed by atoms with van der Waals surface area (Å²) in [4.78, 5) is 22.7. The van der Waals surface area contributed by atoms with Crippen molar-refractivity contribution >= 4 is 24.3 Å². The van der Waals surface area contributed by atoms with E-state index in [2.05, 4.69) is 41.0 Å². The Morgan fingerprint density at radius 1 is 1.44 bits per heavy atom. The minimum atomic E-state index is -0.0679. The van der Waals surface area contributed by atoms with E-state index in [1.54, 1.807) is 6.20 Å². The van der Waals surface area contributed by atoms with Gasteiger partial charge in [0.1, 0.15) is 0 Å². The summed E-state index contributed by atoms with van der Waals surface area (Å²) in [5.74, 6) is 0.863. The molecule has 0 bridgehead atoms. The van der Waals surface area contributed by atoms with Crippen molar-refractivity contribution in [1.29, 1.82) is 0 Å². The van der Waals surface area contributed by atoms with Crippen LogP contribution in [0.3, 0.4) is 0 Å². The Morgan fingerprint density at radius 3 is 2.76 bits per heavy atom. The lowest BCUT2D eigenvalue weighted by Gasteiger charge is -2.33. The highest BCUT2D eigenvalue weighted by molar-refractivity contribution is 5.96. The second-order valence-corrected chi connectivity index (χ2v) is 7.28. The number of likely N-dealkylation sites (tertiary alicyclic amines) is 1. The number of aliphatic imine (C=N–C) groups is 2. The summed E-state index contributed by atoms with van der Waals surface area (Å²) in [5.41, 5.74) is 0.799. The molecule has 2 heterocycles. The molecule has 2 fully saturated rings. The standard InChI is InChI=1S/C18H28N6O/c1-4-9-20-17(19-3)22-14-12-21-24(13-14)15-5-10-23(11-6-15)16(25)18(2)7-8-18/h12-13,15H,3-11H2,1-2H3,(H,20,22). The smallest absolute Gasteiger partial charge is 0.228 e. The van der Waals surface area contributed by atoms with Crippen molar-refractivity contribution in [2.45, 2.75) is 52.0 Å². The summed E-state index contributed by atoms with van der Waals surface area (Å²) in [6.45, 7) is 10.1. The van der Waals surface area contributed by atoms with Crippen molar-refractivity contribution in [3.05, 3.63) is 12.4 Å². The van der Waals surface area contributed by atoms with Gasteiger partial charge in [0, 0.05) is 31.2 Å². The van der Waals surface area contributed by atoms with Crippen LogP contribution in [0.4, 0.5) is 5.69 Å². The van der Waals surface area contributed by atoms with Crippen molar-refractivity contribution in [1.82, 2.24) is 14.7 Å². The number of carbonyl (C=O) groups excluding carboxylic acids is 1. The zero-order valence-electron chi connectivity index (χ0n) is 15.2. The van der Waals surface area contributed by atoms with Crippen LogP contribution in [0.15, 0.2) is 22.4 Å². The van der Waals surface area contributed by atoms with Gasteiger partial charge in [0.2, 0.25) is 11.9 Å². The van der Waals surface area contributed by atoms with E-state index in [0.717, 1.165) is 57.4 Å². The molecule has 1 N–H and O–H groups in total. The first kappa shape index (κ1) is 17.6. The first-order valence-corrected chi connectivity index (χ1v) is 9.17. The maximum absolute atomic E-state index is 12.4. The molecule has 1 saturated heterocycles. The van der Waals surface area contributed by atoms with Gasteiger partial charge in [0.15, 0.2) is 0 Å². The second kappa shape index (κ2) is 7.37. The van der Waals surface area contributed by atoms with Crippen LogP contribution in [-0.2, 0) is 4.79 Å². The minimum absolute atomic E-state index is 0.0679. The number of nitrogens with zero attached hydrogens (tertiary/aromatic N) is 5. The first-order chi connectivity index (χ1) is 12.1. The lowest BCUT2D eigenvalue weighted by molar-refractivity contribution is -0.137. The van der Waals surface area contributed by atoms with E-state index in [-0.39, 0.29) is 5.41 Å². The van der Waals surface area contributed by atoms with Crippen molar-refractivity contribution in [2.75, 3.05) is 25.0 Å². The third-order valence-electron chi connectivity index (χ3n) is 5.13. The lowest BCUT2D eigenvalue weighted by atomic mass is 10.0. The maximum atomic E-state index is 12.4. The molecule has 0 unspecified atom stereocenters. The topological polar surface area (TPSA) is 74.9 Å². The van der Waals surface area contributed by atoms with E-state index in [4.69, 9.17) is 0 Å². The van der Waals surface area contributed by atoms with Crippen LogP contribution in [0.2, 0.25) is 0 Å². The molecular weight excluding hydrogens is 316 g/mol. The van der Waals surface area contributed by atoms with Gasteiger partial charge in [-0.25, -0.2) is 4.99 Å². The van der Waals surface area contributed by atoms with E-state index in [0.29, 0.717) is 17.9 Å². The molecule has 3 rings (SSSR count). The molecule has 25 heavy (non-hydrogen) atoms. The Hall–Kier alpha value is -2.18. The fourth-order valence-electron chi connectivity index (χ4n) is 3.19. The molecule has 1 aliphatic heterocycles. The van der Waals surface area contributed by atoms with Crippen LogP contribution in [0, 0.1) is 5.41 Å². The molecule has 0 aromatic carbocycles. The zero-order chi connectivity index (χ0) is 17.9. The van der Waals surface area contributed by atoms with Crippen LogP contribution in [0.25, 0.3) is 0 Å². The summed E-state index contributed by atoms with van der Waals surface area (Å²) < 4.78 is 1.99. The van der Waals surface area contributed by atoms with Gasteiger partial charge in [0.05, 0.1) is 17.9 Å². The third-order valence-corrected chi connectivity index (χ3v) is 5.13. The summed E-state index contributed by atoms with van der Waals surface area (Å²) in [6, 6.07) is 0.333. The number of guanidine groups is 1. The predicted octanol–water partition coefficient (Wildman–Crippen LogP) is 2.73. The van der Waals surface area contributed by atoms with Gasteiger partial charge in [-0.2, -0.15) is 5.10 Å². The minimum Gasteiger partial charge on any atom is -0.342 e. The second-order valence-electron chi connectivity index (χ2n) is 7.28. The van der Waals surface area contributed by atoms with E-state index >= 15 is 0 Å². The Morgan fingerprint density at radius 2 is 2.16 bits per heavy atom. The number of hydrogen-bond donors (Lipinski definition) is 1. The molecule has 1 aliphatic carbocycles. The fourth-order valence-corrected chi connectivity index (χ4v) is 3.19. The van der Waals surface area contributed by atoms with Gasteiger partial charge in [-0.15, -0.1) is 0 Å². The van der Waals surface area contributed by atoms with Gasteiger partial charge >= 0.3 is 0 Å². The number of piperidine rings is 1. The van der Waals surface area contributed by atoms with Crippen molar-refractivity contribution in [2.24, 2.45) is 15.4 Å². The van der Waals surface area contributed by atoms with Gasteiger partial charge < -0.3 is 10.2 Å². The fraction of sp³-hybridized carbons (Fsp3) is 0.667. The molecule has 1 amide bonds. The zero-order valence-corrected chi connectivity index (χ0v) is 15.2. The molecule has 1 aromatic heterocycles. The Balaban J connectivity index is 1.55. The maximum Gasteiger partial charge on any atom is 0.228 e. The van der Waals surface area contributed by atoms with E-state index in [1.807, 2.05) is 15.8 Å². The molecule has 2 aliphatic rings. The Bertz CT molecular complexity index is 652. The molecule has 1 aromatic rings. The molecule has 136 valence electrons. The highest BCUT2D eigenvalue weighted by Crippen LogP contribution is 2.47. The van der Waals surface area contributed by atoms with Crippen molar-refractivity contribution in [3.63, 3.8) is 0 Å². The number of carbonyl (C=O) groups is 1. The lowest BCUT2D eigenvalue weighted by Crippen LogP contribution is -2.42. The molecule has 0 spiro atoms. The molecule has 1 saturated carbocycles. The summed E-state index contributed by atoms with van der Waals surface area (Å²) in [7, 11) is 0. The average molecular weight is 344 g/mol. The SMILES string of the molecule is C=N/C(=N\CCC)Nc1cnn(C2CCN(C(=O)C3(C)CC3)CC2)c1. The van der Waals surface area contributed by atoms with E-state index < -0.39 is 0 Å². The highest BCUT2D eigenvalue weighted by atomic mass is 16.2. The largest absolute Gasteiger partial charge is 0.342 e. The van der Waals surface area contributed by atoms with Gasteiger partial charge in [-0.05, 0) is 38.8 Å². The van der Waals surface area contributed by atoms with E-state index in [1.165, 1.54) is 0 Å². The van der Waals surface area contributed by atoms with Crippen LogP contribution in [0.5, 0.6) is 0 Å². The number of amides is 1. The molecular formula is C18H28N6O. The van der Waals surface area contributed by atoms with E-state index in [9.17, 15) is 4.79 Å². The molecule has 7 nitrogen and oxygen atoms in total. The number of nitrogens with one attached hydrogen (secondary N) is 1. The van der Waals surface area contributed by atoms with Crippen LogP contribution in [-0.4, -0.2) is 52.9 Å². The summed E-state index contributed by atoms with van der Waals surface area (Å²) in [5, 5.41) is 7.62. The molecule has 0 atom stereocenters. The normalized spacial score (nSPS) is 20.4. The number of anilines is 1. The van der Waals surface area contributed by atoms with Crippen molar-refractivity contribution in [3.8, 4) is 0 Å². The third kappa shape index (κ3) is 4.08. The van der Waals surface area contributed by atoms with Gasteiger partial charge in [0.25, 0.3) is 0 Å². The Labute approximate surface area is 149 Å². The van der Waals surface area contributed by atoms with Crippen LogP contribution < -0.4 is 5.32 Å². The van der Waals surface area contributed by atoms with Gasteiger partial charge in [-0.1, -0.05) is 13.8 Å². The van der Waals surface area contributed by atoms with Gasteiger partial charge in [-0.3, -0.25) is 14.5 Å². The monoisotopic (exact) mass is 344 g/mol. The summed E-state index contributed by atoms with van der Waals surface area (Å²) >= 11 is 0. The summed E-state index contributed by atoms with van der Waals surface area (Å²) in [6.07, 6.45) is 8.71.